The summed E-state index contributed by atoms with van der Waals surface area (Å²) >= 11 is 0. The van der Waals surface area contributed by atoms with Gasteiger partial charge in [0.15, 0.2) is 0 Å². The van der Waals surface area contributed by atoms with Gasteiger partial charge in [-0.25, -0.2) is 0 Å². The Kier molecular flexibility index (Phi) is 4.36. The molecule has 128 valence electrons. The van der Waals surface area contributed by atoms with Crippen molar-refractivity contribution in [1.29, 1.82) is 0 Å². The van der Waals surface area contributed by atoms with E-state index in [0.29, 0.717) is 6.42 Å². The van der Waals surface area contributed by atoms with Crippen molar-refractivity contribution in [1.82, 2.24) is 0 Å². The minimum atomic E-state index is -0.0868. The lowest BCUT2D eigenvalue weighted by molar-refractivity contribution is -0.117. The third kappa shape index (κ3) is 3.04. The smallest absolute Gasteiger partial charge is 0.224 e. The minimum Gasteiger partial charge on any atom is -0.303 e. The maximum atomic E-state index is 12.6. The standard InChI is InChI=1S/C23H20N2O/c1-17(26)25-22-15-9-8-14-20(22)24-21(18-10-4-2-5-11-18)16-23(25)19-12-6-3-7-13-19/h2-15,23H,16H2,1H3/t23-/m1/s1. The van der Waals surface area contributed by atoms with E-state index in [4.69, 9.17) is 4.99 Å². The highest BCUT2D eigenvalue weighted by molar-refractivity contribution is 6.07. The molecule has 3 aromatic carbocycles. The van der Waals surface area contributed by atoms with Gasteiger partial charge in [-0.2, -0.15) is 0 Å². The van der Waals surface area contributed by atoms with Gasteiger partial charge < -0.3 is 4.90 Å². The number of benzene rings is 3. The van der Waals surface area contributed by atoms with Gasteiger partial charge in [-0.05, 0) is 23.3 Å². The number of rotatable bonds is 2. The fourth-order valence-corrected chi connectivity index (χ4v) is 3.54. The Morgan fingerprint density at radius 2 is 1.50 bits per heavy atom. The number of amides is 1. The van der Waals surface area contributed by atoms with Crippen LogP contribution in [0.15, 0.2) is 89.9 Å². The second-order valence-corrected chi connectivity index (χ2v) is 6.43. The number of nitrogens with zero attached hydrogens (tertiary/aromatic N) is 2. The predicted molar refractivity (Wildman–Crippen MR) is 106 cm³/mol. The Hall–Kier alpha value is -3.20. The summed E-state index contributed by atoms with van der Waals surface area (Å²) < 4.78 is 0. The first-order valence-electron chi connectivity index (χ1n) is 8.81. The van der Waals surface area contributed by atoms with Crippen molar-refractivity contribution >= 4 is 23.0 Å². The van der Waals surface area contributed by atoms with Crippen LogP contribution < -0.4 is 4.90 Å². The van der Waals surface area contributed by atoms with Crippen LogP contribution in [0, 0.1) is 0 Å². The molecule has 0 aliphatic carbocycles. The Balaban J connectivity index is 1.91. The highest BCUT2D eigenvalue weighted by atomic mass is 16.2. The molecule has 26 heavy (non-hydrogen) atoms. The molecule has 1 amide bonds. The molecular formula is C23H20N2O. The highest BCUT2D eigenvalue weighted by Crippen LogP contribution is 2.40. The fourth-order valence-electron chi connectivity index (χ4n) is 3.54. The maximum Gasteiger partial charge on any atom is 0.224 e. The van der Waals surface area contributed by atoms with E-state index in [1.54, 1.807) is 6.92 Å². The van der Waals surface area contributed by atoms with Gasteiger partial charge in [-0.3, -0.25) is 9.79 Å². The van der Waals surface area contributed by atoms with Crippen molar-refractivity contribution in [3.05, 3.63) is 96.1 Å². The van der Waals surface area contributed by atoms with E-state index in [-0.39, 0.29) is 11.9 Å². The molecule has 0 unspecified atom stereocenters. The molecule has 3 aromatic rings. The average molecular weight is 340 g/mol. The summed E-state index contributed by atoms with van der Waals surface area (Å²) in [7, 11) is 0. The quantitative estimate of drug-likeness (QED) is 0.622. The number of hydrogen-bond donors (Lipinski definition) is 0. The molecule has 3 heteroatoms. The largest absolute Gasteiger partial charge is 0.303 e. The zero-order chi connectivity index (χ0) is 17.9. The molecule has 0 saturated heterocycles. The van der Waals surface area contributed by atoms with Crippen LogP contribution in [0.3, 0.4) is 0 Å². The number of hydrogen-bond acceptors (Lipinski definition) is 2. The van der Waals surface area contributed by atoms with E-state index < -0.39 is 0 Å². The second kappa shape index (κ2) is 6.96. The molecule has 0 saturated carbocycles. The van der Waals surface area contributed by atoms with Crippen LogP contribution in [-0.2, 0) is 4.79 Å². The molecular weight excluding hydrogens is 320 g/mol. The van der Waals surface area contributed by atoms with Crippen LogP contribution in [0.4, 0.5) is 11.4 Å². The maximum absolute atomic E-state index is 12.6. The Labute approximate surface area is 153 Å². The molecule has 0 fully saturated rings. The van der Waals surface area contributed by atoms with Crippen molar-refractivity contribution in [2.24, 2.45) is 4.99 Å². The van der Waals surface area contributed by atoms with Gasteiger partial charge in [-0.1, -0.05) is 72.8 Å². The van der Waals surface area contributed by atoms with E-state index in [0.717, 1.165) is 28.2 Å². The van der Waals surface area contributed by atoms with E-state index in [9.17, 15) is 4.79 Å². The van der Waals surface area contributed by atoms with Crippen LogP contribution >= 0.6 is 0 Å². The summed E-state index contributed by atoms with van der Waals surface area (Å²) in [5.74, 6) is 0.0239. The van der Waals surface area contributed by atoms with Crippen molar-refractivity contribution in [3.63, 3.8) is 0 Å². The lowest BCUT2D eigenvalue weighted by atomic mass is 9.96. The van der Waals surface area contributed by atoms with Gasteiger partial charge in [0, 0.05) is 13.3 Å². The van der Waals surface area contributed by atoms with E-state index >= 15 is 0 Å². The van der Waals surface area contributed by atoms with Gasteiger partial charge in [0.25, 0.3) is 0 Å². The summed E-state index contributed by atoms with van der Waals surface area (Å²) in [6.07, 6.45) is 0.669. The molecule has 3 nitrogen and oxygen atoms in total. The Morgan fingerprint density at radius 3 is 2.19 bits per heavy atom. The van der Waals surface area contributed by atoms with E-state index in [1.807, 2.05) is 65.6 Å². The summed E-state index contributed by atoms with van der Waals surface area (Å²) in [5, 5.41) is 0. The molecule has 0 aromatic heterocycles. The number of fused-ring (bicyclic) bond motifs is 1. The van der Waals surface area contributed by atoms with Crippen LogP contribution in [0.25, 0.3) is 0 Å². The lowest BCUT2D eigenvalue weighted by Crippen LogP contribution is -2.33. The number of carbonyl (C=O) groups excluding carboxylic acids is 1. The first kappa shape index (κ1) is 16.3. The molecule has 0 N–H and O–H groups in total. The zero-order valence-corrected chi connectivity index (χ0v) is 14.7. The topological polar surface area (TPSA) is 32.7 Å². The Bertz CT molecular complexity index is 948. The van der Waals surface area contributed by atoms with Crippen molar-refractivity contribution < 1.29 is 4.79 Å². The monoisotopic (exact) mass is 340 g/mol. The summed E-state index contributed by atoms with van der Waals surface area (Å²) in [5.41, 5.74) is 4.90. The van der Waals surface area contributed by atoms with Gasteiger partial charge in [0.05, 0.1) is 23.1 Å². The lowest BCUT2D eigenvalue weighted by Gasteiger charge is -2.30. The first-order valence-corrected chi connectivity index (χ1v) is 8.81. The van der Waals surface area contributed by atoms with Gasteiger partial charge >= 0.3 is 0 Å². The second-order valence-electron chi connectivity index (χ2n) is 6.43. The third-order valence-corrected chi connectivity index (χ3v) is 4.73. The number of para-hydroxylation sites is 2. The number of anilines is 1. The van der Waals surface area contributed by atoms with Crippen molar-refractivity contribution in [2.75, 3.05) is 4.90 Å². The van der Waals surface area contributed by atoms with Crippen molar-refractivity contribution in [3.8, 4) is 0 Å². The zero-order valence-electron chi connectivity index (χ0n) is 14.7. The molecule has 1 aliphatic rings. The molecule has 4 rings (SSSR count). The van der Waals surface area contributed by atoms with E-state index in [2.05, 4.69) is 24.3 Å². The molecule has 0 spiro atoms. The minimum absolute atomic E-state index is 0.0239. The predicted octanol–water partition coefficient (Wildman–Crippen LogP) is 5.31. The molecule has 1 aliphatic heterocycles. The number of aliphatic imine (C=N–C) groups is 1. The summed E-state index contributed by atoms with van der Waals surface area (Å²) in [4.78, 5) is 19.4. The first-order chi connectivity index (χ1) is 12.7. The van der Waals surface area contributed by atoms with Gasteiger partial charge in [0.1, 0.15) is 0 Å². The van der Waals surface area contributed by atoms with Crippen molar-refractivity contribution in [2.45, 2.75) is 19.4 Å². The van der Waals surface area contributed by atoms with Crippen LogP contribution in [-0.4, -0.2) is 11.6 Å². The van der Waals surface area contributed by atoms with Crippen LogP contribution in [0.2, 0.25) is 0 Å². The third-order valence-electron chi connectivity index (χ3n) is 4.73. The molecule has 1 heterocycles. The van der Waals surface area contributed by atoms with Gasteiger partial charge in [-0.15, -0.1) is 0 Å². The SMILES string of the molecule is CC(=O)N1c2ccccc2N=C(c2ccccc2)C[C@@H]1c1ccccc1. The van der Waals surface area contributed by atoms with Gasteiger partial charge in [0.2, 0.25) is 5.91 Å². The fraction of sp³-hybridized carbons (Fsp3) is 0.130. The molecule has 1 atom stereocenters. The molecule has 0 radical (unpaired) electrons. The summed E-state index contributed by atoms with van der Waals surface area (Å²) in [6.45, 7) is 1.63. The van der Waals surface area contributed by atoms with Crippen LogP contribution in [0.5, 0.6) is 0 Å². The number of carbonyl (C=O) groups is 1. The Morgan fingerprint density at radius 1 is 0.885 bits per heavy atom. The van der Waals surface area contributed by atoms with Crippen LogP contribution in [0.1, 0.15) is 30.5 Å². The highest BCUT2D eigenvalue weighted by Gasteiger charge is 2.30. The molecule has 0 bridgehead atoms. The van der Waals surface area contributed by atoms with E-state index in [1.165, 1.54) is 0 Å². The normalized spacial score (nSPS) is 16.4. The summed E-state index contributed by atoms with van der Waals surface area (Å²) in [6, 6.07) is 28.2. The average Bonchev–Trinajstić information content (AvgIpc) is 2.86.